The molecule has 1 aromatic carbocycles. The molecular weight excluding hydrogens is 404 g/mol. The fourth-order valence-corrected chi connectivity index (χ4v) is 4.96. The smallest absolute Gasteiger partial charge is 0.255 e. The first-order chi connectivity index (χ1) is 14.4. The number of halogens is 1. The molecule has 3 heterocycles. The van der Waals surface area contributed by atoms with Crippen LogP contribution in [0.5, 0.6) is 0 Å². The summed E-state index contributed by atoms with van der Waals surface area (Å²) in [5, 5.41) is 0.454. The molecule has 0 saturated carbocycles. The van der Waals surface area contributed by atoms with Crippen LogP contribution in [0.25, 0.3) is 0 Å². The summed E-state index contributed by atoms with van der Waals surface area (Å²) in [7, 11) is 1.67. The molecule has 6 nitrogen and oxygen atoms in total. The molecule has 4 rings (SSSR count). The molecule has 2 aromatic rings. The lowest BCUT2D eigenvalue weighted by atomic mass is 9.89. The Bertz CT molecular complexity index is 1030. The normalized spacial score (nSPS) is 19.8. The molecule has 0 bridgehead atoms. The first-order valence-corrected chi connectivity index (χ1v) is 10.7. The van der Waals surface area contributed by atoms with Crippen molar-refractivity contribution in [2.45, 2.75) is 39.3 Å². The summed E-state index contributed by atoms with van der Waals surface area (Å²) in [5.74, 6) is 0.0779. The molecule has 1 aromatic heterocycles. The molecule has 0 spiro atoms. The standard InChI is InChI=1S/C23H27ClN2O4/c1-13-10-14(2)25-22(27)18(13)11-26-8-6-15-4-5-17(20(24)19(15)23(26)28)21(29-3)16-7-9-30-12-16/h4-5,10,16,21H,6-9,11-12H2,1-3H3,(H,25,27). The van der Waals surface area contributed by atoms with Gasteiger partial charge < -0.3 is 19.4 Å². The van der Waals surface area contributed by atoms with E-state index in [-0.39, 0.29) is 30.0 Å². The van der Waals surface area contributed by atoms with Crippen molar-refractivity contribution in [2.24, 2.45) is 5.92 Å². The second kappa shape index (κ2) is 8.53. The lowest BCUT2D eigenvalue weighted by Crippen LogP contribution is -2.39. The minimum atomic E-state index is -0.212. The van der Waals surface area contributed by atoms with Crippen molar-refractivity contribution in [1.82, 2.24) is 9.88 Å². The predicted octanol–water partition coefficient (Wildman–Crippen LogP) is 3.57. The number of ether oxygens (including phenoxy) is 2. The zero-order valence-corrected chi connectivity index (χ0v) is 18.3. The summed E-state index contributed by atoms with van der Waals surface area (Å²) in [6, 6.07) is 5.89. The Morgan fingerprint density at radius 3 is 2.80 bits per heavy atom. The number of fused-ring (bicyclic) bond motifs is 1. The largest absolute Gasteiger partial charge is 0.381 e. The van der Waals surface area contributed by atoms with Gasteiger partial charge >= 0.3 is 0 Å². The summed E-state index contributed by atoms with van der Waals surface area (Å²) >= 11 is 6.79. The third kappa shape index (κ3) is 3.80. The Morgan fingerprint density at radius 1 is 1.33 bits per heavy atom. The number of hydrogen-bond acceptors (Lipinski definition) is 4. The van der Waals surface area contributed by atoms with E-state index in [0.29, 0.717) is 42.3 Å². The maximum absolute atomic E-state index is 13.4. The summed E-state index contributed by atoms with van der Waals surface area (Å²) < 4.78 is 11.3. The molecule has 1 fully saturated rings. The number of H-pyrrole nitrogens is 1. The van der Waals surface area contributed by atoms with Gasteiger partial charge in [-0.05, 0) is 43.9 Å². The highest BCUT2D eigenvalue weighted by Crippen LogP contribution is 2.39. The van der Waals surface area contributed by atoms with Crippen molar-refractivity contribution in [2.75, 3.05) is 26.9 Å². The van der Waals surface area contributed by atoms with E-state index in [2.05, 4.69) is 4.98 Å². The van der Waals surface area contributed by atoms with E-state index in [1.807, 2.05) is 32.0 Å². The minimum absolute atomic E-state index is 0.139. The quantitative estimate of drug-likeness (QED) is 0.787. The Kier molecular flexibility index (Phi) is 6.00. The van der Waals surface area contributed by atoms with Gasteiger partial charge in [0.05, 0.1) is 29.8 Å². The Labute approximate surface area is 181 Å². The molecule has 2 aliphatic rings. The van der Waals surface area contributed by atoms with Gasteiger partial charge in [-0.15, -0.1) is 0 Å². The molecule has 2 aliphatic heterocycles. The van der Waals surface area contributed by atoms with Crippen molar-refractivity contribution in [1.29, 1.82) is 0 Å². The van der Waals surface area contributed by atoms with Crippen LogP contribution in [0.4, 0.5) is 0 Å². The van der Waals surface area contributed by atoms with Crippen LogP contribution < -0.4 is 5.56 Å². The Balaban J connectivity index is 1.66. The molecule has 0 aliphatic carbocycles. The molecule has 7 heteroatoms. The van der Waals surface area contributed by atoms with Gasteiger partial charge in [0, 0.05) is 43.0 Å². The van der Waals surface area contributed by atoms with Gasteiger partial charge in [-0.1, -0.05) is 23.7 Å². The second-order valence-corrected chi connectivity index (χ2v) is 8.58. The zero-order valence-electron chi connectivity index (χ0n) is 17.6. The van der Waals surface area contributed by atoms with E-state index in [1.165, 1.54) is 0 Å². The number of benzene rings is 1. The lowest BCUT2D eigenvalue weighted by molar-refractivity contribution is 0.0443. The lowest BCUT2D eigenvalue weighted by Gasteiger charge is -2.31. The first kappa shape index (κ1) is 21.1. The maximum Gasteiger partial charge on any atom is 0.255 e. The van der Waals surface area contributed by atoms with Gasteiger partial charge in [-0.2, -0.15) is 0 Å². The van der Waals surface area contributed by atoms with Crippen molar-refractivity contribution in [3.63, 3.8) is 0 Å². The van der Waals surface area contributed by atoms with Crippen molar-refractivity contribution in [3.8, 4) is 0 Å². The molecule has 2 atom stereocenters. The molecular formula is C23H27ClN2O4. The number of hydrogen-bond donors (Lipinski definition) is 1. The van der Waals surface area contributed by atoms with E-state index in [4.69, 9.17) is 21.1 Å². The first-order valence-electron chi connectivity index (χ1n) is 10.3. The number of rotatable bonds is 5. The van der Waals surface area contributed by atoms with Crippen molar-refractivity contribution < 1.29 is 14.3 Å². The molecule has 160 valence electrons. The third-order valence-corrected chi connectivity index (χ3v) is 6.61. The van der Waals surface area contributed by atoms with Crippen LogP contribution in [0.1, 0.15) is 50.8 Å². The third-order valence-electron chi connectivity index (χ3n) is 6.21. The van der Waals surface area contributed by atoms with Crippen LogP contribution in [-0.2, 0) is 22.4 Å². The van der Waals surface area contributed by atoms with Gasteiger partial charge in [0.15, 0.2) is 0 Å². The number of methoxy groups -OCH3 is 1. The number of nitrogens with one attached hydrogen (secondary N) is 1. The highest BCUT2D eigenvalue weighted by atomic mass is 35.5. The van der Waals surface area contributed by atoms with Crippen LogP contribution in [-0.4, -0.2) is 42.7 Å². The number of pyridine rings is 1. The number of aromatic amines is 1. The zero-order chi connectivity index (χ0) is 21.4. The molecule has 1 saturated heterocycles. The summed E-state index contributed by atoms with van der Waals surface area (Å²) in [6.07, 6.45) is 1.39. The van der Waals surface area contributed by atoms with Crippen LogP contribution in [0, 0.1) is 19.8 Å². The average Bonchev–Trinajstić information content (AvgIpc) is 3.22. The molecule has 1 amide bonds. The van der Waals surface area contributed by atoms with Crippen LogP contribution in [0.3, 0.4) is 0 Å². The number of aromatic nitrogens is 1. The SMILES string of the molecule is COC(c1ccc2c(c1Cl)C(=O)N(Cc1c(C)cc(C)[nH]c1=O)CC2)C1CCOC1. The fraction of sp³-hybridized carbons (Fsp3) is 0.478. The molecule has 2 unspecified atom stereocenters. The molecule has 0 radical (unpaired) electrons. The maximum atomic E-state index is 13.4. The van der Waals surface area contributed by atoms with Crippen LogP contribution in [0.15, 0.2) is 23.0 Å². The van der Waals surface area contributed by atoms with Gasteiger partial charge in [0.25, 0.3) is 11.5 Å². The molecule has 30 heavy (non-hydrogen) atoms. The second-order valence-electron chi connectivity index (χ2n) is 8.20. The Hall–Kier alpha value is -2.15. The Morgan fingerprint density at radius 2 is 2.13 bits per heavy atom. The van der Waals surface area contributed by atoms with Crippen molar-refractivity contribution in [3.05, 3.63) is 67.1 Å². The topological polar surface area (TPSA) is 71.6 Å². The number of carbonyl (C=O) groups is 1. The highest BCUT2D eigenvalue weighted by molar-refractivity contribution is 6.35. The van der Waals surface area contributed by atoms with Gasteiger partial charge in [0.2, 0.25) is 0 Å². The fourth-order valence-electron chi connectivity index (χ4n) is 4.59. The summed E-state index contributed by atoms with van der Waals surface area (Å²) in [4.78, 5) is 30.4. The molecule has 1 N–H and O–H groups in total. The highest BCUT2D eigenvalue weighted by Gasteiger charge is 2.33. The van der Waals surface area contributed by atoms with E-state index in [1.54, 1.807) is 12.0 Å². The van der Waals surface area contributed by atoms with Crippen molar-refractivity contribution >= 4 is 17.5 Å². The van der Waals surface area contributed by atoms with Crippen LogP contribution >= 0.6 is 11.6 Å². The van der Waals surface area contributed by atoms with E-state index in [0.717, 1.165) is 28.8 Å². The van der Waals surface area contributed by atoms with Gasteiger partial charge in [-0.3, -0.25) is 9.59 Å². The number of carbonyl (C=O) groups excluding carboxylic acids is 1. The number of nitrogens with zero attached hydrogens (tertiary/aromatic N) is 1. The van der Waals surface area contributed by atoms with E-state index < -0.39 is 0 Å². The summed E-state index contributed by atoms with van der Waals surface area (Å²) in [5.41, 5.74) is 4.46. The monoisotopic (exact) mass is 430 g/mol. The van der Waals surface area contributed by atoms with E-state index >= 15 is 0 Å². The van der Waals surface area contributed by atoms with Gasteiger partial charge in [0.1, 0.15) is 0 Å². The number of amides is 1. The number of aryl methyl sites for hydroxylation is 2. The average molecular weight is 431 g/mol. The predicted molar refractivity (Wildman–Crippen MR) is 115 cm³/mol. The van der Waals surface area contributed by atoms with E-state index in [9.17, 15) is 9.59 Å². The summed E-state index contributed by atoms with van der Waals surface area (Å²) in [6.45, 7) is 5.91. The van der Waals surface area contributed by atoms with Gasteiger partial charge in [-0.25, -0.2) is 0 Å². The minimum Gasteiger partial charge on any atom is -0.381 e. The van der Waals surface area contributed by atoms with Crippen LogP contribution in [0.2, 0.25) is 5.02 Å².